The molecule has 0 saturated heterocycles. The van der Waals surface area contributed by atoms with Gasteiger partial charge in [-0.15, -0.1) is 0 Å². The second-order valence-corrected chi connectivity index (χ2v) is 5.35. The smallest absolute Gasteiger partial charge is 0.229 e. The summed E-state index contributed by atoms with van der Waals surface area (Å²) in [5.74, 6) is 0.457. The van der Waals surface area contributed by atoms with Gasteiger partial charge in [0.25, 0.3) is 0 Å². The molecule has 0 aliphatic carbocycles. The third-order valence-electron chi connectivity index (χ3n) is 2.00. The first kappa shape index (κ1) is 11.9. The summed E-state index contributed by atoms with van der Waals surface area (Å²) in [7, 11) is -1.74. The van der Waals surface area contributed by atoms with Gasteiger partial charge in [-0.1, -0.05) is 0 Å². The Morgan fingerprint density at radius 2 is 2.24 bits per heavy atom. The van der Waals surface area contributed by atoms with Crippen LogP contribution in [0.3, 0.4) is 0 Å². The molecule has 6 nitrogen and oxygen atoms in total. The average Bonchev–Trinajstić information content (AvgIpc) is 2.57. The van der Waals surface area contributed by atoms with Crippen LogP contribution in [0.2, 0.25) is 0 Å². The Kier molecular flexibility index (Phi) is 3.03. The summed E-state index contributed by atoms with van der Waals surface area (Å²) < 4.78 is 34.8. The number of rotatable bonds is 4. The van der Waals surface area contributed by atoms with Crippen molar-refractivity contribution in [2.45, 2.75) is 6.61 Å². The first-order valence-corrected chi connectivity index (χ1v) is 6.73. The van der Waals surface area contributed by atoms with Crippen molar-refractivity contribution >= 4 is 26.8 Å². The summed E-state index contributed by atoms with van der Waals surface area (Å²) in [6.45, 7) is 0.281. The average molecular weight is 256 g/mol. The van der Waals surface area contributed by atoms with E-state index in [0.29, 0.717) is 22.7 Å². The molecule has 2 rings (SSSR count). The van der Waals surface area contributed by atoms with Gasteiger partial charge >= 0.3 is 0 Å². The molecule has 92 valence electrons. The molecule has 0 aliphatic heterocycles. The molecule has 0 amide bonds. The van der Waals surface area contributed by atoms with Gasteiger partial charge in [-0.2, -0.15) is 0 Å². The number of fused-ring (bicyclic) bond motifs is 1. The molecule has 1 N–H and O–H groups in total. The van der Waals surface area contributed by atoms with E-state index in [1.807, 2.05) is 0 Å². The second-order valence-electron chi connectivity index (χ2n) is 3.60. The van der Waals surface area contributed by atoms with Gasteiger partial charge < -0.3 is 9.15 Å². The van der Waals surface area contributed by atoms with E-state index in [1.54, 1.807) is 25.3 Å². The van der Waals surface area contributed by atoms with Crippen molar-refractivity contribution in [3.8, 4) is 0 Å². The number of ether oxygens (including phenoxy) is 1. The van der Waals surface area contributed by atoms with Crippen molar-refractivity contribution in [2.24, 2.45) is 0 Å². The van der Waals surface area contributed by atoms with Gasteiger partial charge in [0.05, 0.1) is 11.9 Å². The van der Waals surface area contributed by atoms with Crippen LogP contribution >= 0.6 is 0 Å². The zero-order chi connectivity index (χ0) is 12.5. The van der Waals surface area contributed by atoms with Crippen LogP contribution in [0.1, 0.15) is 5.89 Å². The summed E-state index contributed by atoms with van der Waals surface area (Å²) in [4.78, 5) is 4.17. The van der Waals surface area contributed by atoms with Gasteiger partial charge in [0.15, 0.2) is 5.58 Å². The maximum Gasteiger partial charge on any atom is 0.229 e. The Morgan fingerprint density at radius 1 is 1.47 bits per heavy atom. The SMILES string of the molecule is COCc1nc2cc(NS(C)(=O)=O)ccc2o1. The minimum atomic E-state index is -3.28. The molecule has 0 saturated carbocycles. The van der Waals surface area contributed by atoms with Gasteiger partial charge in [0.2, 0.25) is 15.9 Å². The first-order valence-electron chi connectivity index (χ1n) is 4.84. The molecule has 0 radical (unpaired) electrons. The number of hydrogen-bond acceptors (Lipinski definition) is 5. The van der Waals surface area contributed by atoms with Crippen LogP contribution < -0.4 is 4.72 Å². The molecule has 7 heteroatoms. The van der Waals surface area contributed by atoms with Gasteiger partial charge in [-0.3, -0.25) is 4.72 Å². The van der Waals surface area contributed by atoms with Crippen LogP contribution in [-0.2, 0) is 21.4 Å². The molecule has 0 fully saturated rings. The number of sulfonamides is 1. The van der Waals surface area contributed by atoms with Crippen LogP contribution in [0.25, 0.3) is 11.1 Å². The van der Waals surface area contributed by atoms with Crippen molar-refractivity contribution in [2.75, 3.05) is 18.1 Å². The highest BCUT2D eigenvalue weighted by Crippen LogP contribution is 2.20. The lowest BCUT2D eigenvalue weighted by Crippen LogP contribution is -2.09. The standard InChI is InChI=1S/C10H12N2O4S/c1-15-6-10-11-8-5-7(12-17(2,13)14)3-4-9(8)16-10/h3-5,12H,6H2,1-2H3. The molecule has 1 aromatic carbocycles. The van der Waals surface area contributed by atoms with Gasteiger partial charge in [0.1, 0.15) is 12.1 Å². The third-order valence-corrected chi connectivity index (χ3v) is 2.61. The topological polar surface area (TPSA) is 81.4 Å². The van der Waals surface area contributed by atoms with Crippen molar-refractivity contribution in [3.63, 3.8) is 0 Å². The van der Waals surface area contributed by atoms with Crippen molar-refractivity contribution in [1.29, 1.82) is 0 Å². The Hall–Kier alpha value is -1.60. The molecule has 0 aliphatic rings. The van der Waals surface area contributed by atoms with Crippen LogP contribution in [-0.4, -0.2) is 26.8 Å². The number of benzene rings is 1. The van der Waals surface area contributed by atoms with E-state index in [1.165, 1.54) is 0 Å². The zero-order valence-electron chi connectivity index (χ0n) is 9.43. The summed E-state index contributed by atoms with van der Waals surface area (Å²) in [5.41, 5.74) is 1.64. The third kappa shape index (κ3) is 2.95. The lowest BCUT2D eigenvalue weighted by Gasteiger charge is -2.01. The van der Waals surface area contributed by atoms with Crippen molar-refractivity contribution < 1.29 is 17.6 Å². The highest BCUT2D eigenvalue weighted by molar-refractivity contribution is 7.92. The van der Waals surface area contributed by atoms with Gasteiger partial charge in [-0.25, -0.2) is 13.4 Å². The number of nitrogens with zero attached hydrogens (tertiary/aromatic N) is 1. The van der Waals surface area contributed by atoms with E-state index < -0.39 is 10.0 Å². The predicted molar refractivity (Wildman–Crippen MR) is 63.2 cm³/mol. The number of nitrogens with one attached hydrogen (secondary N) is 1. The van der Waals surface area contributed by atoms with E-state index in [-0.39, 0.29) is 6.61 Å². The van der Waals surface area contributed by atoms with Crippen LogP contribution in [0.4, 0.5) is 5.69 Å². The molecule has 1 aromatic heterocycles. The van der Waals surface area contributed by atoms with Gasteiger partial charge in [-0.05, 0) is 18.2 Å². The Morgan fingerprint density at radius 3 is 2.88 bits per heavy atom. The minimum absolute atomic E-state index is 0.281. The molecule has 0 unspecified atom stereocenters. The van der Waals surface area contributed by atoms with Crippen LogP contribution in [0.5, 0.6) is 0 Å². The minimum Gasteiger partial charge on any atom is -0.438 e. The van der Waals surface area contributed by atoms with E-state index >= 15 is 0 Å². The Bertz CT molecular complexity index is 633. The fourth-order valence-electron chi connectivity index (χ4n) is 1.44. The molecule has 0 atom stereocenters. The Labute approximate surface area is 98.6 Å². The summed E-state index contributed by atoms with van der Waals surface area (Å²) in [6, 6.07) is 4.89. The van der Waals surface area contributed by atoms with Crippen LogP contribution in [0, 0.1) is 0 Å². The summed E-state index contributed by atoms with van der Waals surface area (Å²) in [5, 5.41) is 0. The summed E-state index contributed by atoms with van der Waals surface area (Å²) >= 11 is 0. The number of aromatic nitrogens is 1. The van der Waals surface area contributed by atoms with Crippen molar-refractivity contribution in [1.82, 2.24) is 4.98 Å². The number of anilines is 1. The highest BCUT2D eigenvalue weighted by Gasteiger charge is 2.08. The normalized spacial score (nSPS) is 11.9. The molecular weight excluding hydrogens is 244 g/mol. The molecule has 0 spiro atoms. The molecular formula is C10H12N2O4S. The molecule has 17 heavy (non-hydrogen) atoms. The van der Waals surface area contributed by atoms with E-state index in [2.05, 4.69) is 9.71 Å². The number of methoxy groups -OCH3 is 1. The Balaban J connectivity index is 2.36. The molecule has 1 heterocycles. The zero-order valence-corrected chi connectivity index (χ0v) is 10.2. The number of oxazole rings is 1. The van der Waals surface area contributed by atoms with E-state index in [9.17, 15) is 8.42 Å². The largest absolute Gasteiger partial charge is 0.438 e. The lowest BCUT2D eigenvalue weighted by molar-refractivity contribution is 0.161. The predicted octanol–water partition coefficient (Wildman–Crippen LogP) is 1.35. The van der Waals surface area contributed by atoms with Crippen LogP contribution in [0.15, 0.2) is 22.6 Å². The lowest BCUT2D eigenvalue weighted by atomic mass is 10.3. The fourth-order valence-corrected chi connectivity index (χ4v) is 1.99. The maximum absolute atomic E-state index is 11.1. The van der Waals surface area contributed by atoms with Gasteiger partial charge in [0, 0.05) is 7.11 Å². The quantitative estimate of drug-likeness (QED) is 0.892. The van der Waals surface area contributed by atoms with E-state index in [0.717, 1.165) is 6.26 Å². The number of hydrogen-bond donors (Lipinski definition) is 1. The molecule has 2 aromatic rings. The van der Waals surface area contributed by atoms with E-state index in [4.69, 9.17) is 9.15 Å². The monoisotopic (exact) mass is 256 g/mol. The second kappa shape index (κ2) is 4.34. The highest BCUT2D eigenvalue weighted by atomic mass is 32.2. The fraction of sp³-hybridized carbons (Fsp3) is 0.300. The molecule has 0 bridgehead atoms. The first-order chi connectivity index (χ1) is 7.98. The maximum atomic E-state index is 11.1. The van der Waals surface area contributed by atoms with Crippen molar-refractivity contribution in [3.05, 3.63) is 24.1 Å². The summed E-state index contributed by atoms with van der Waals surface area (Å²) in [6.07, 6.45) is 1.09.